The first-order chi connectivity index (χ1) is 19.7. The van der Waals surface area contributed by atoms with E-state index < -0.39 is 42.2 Å². The fourth-order valence-electron chi connectivity index (χ4n) is 9.96. The molecule has 10 heteroatoms. The summed E-state index contributed by atoms with van der Waals surface area (Å²) in [5, 5.41) is 29.4. The Hall–Kier alpha value is -2.65. The molecule has 0 unspecified atom stereocenters. The maximum absolute atomic E-state index is 12.5. The molecule has 0 aliphatic heterocycles. The van der Waals surface area contributed by atoms with Crippen LogP contribution in [0.1, 0.15) is 111 Å². The lowest BCUT2D eigenvalue weighted by Crippen LogP contribution is -2.54. The van der Waals surface area contributed by atoms with Crippen LogP contribution < -0.4 is 5.32 Å². The number of fused-ring (bicyclic) bond motifs is 5. The molecule has 0 spiro atoms. The monoisotopic (exact) mass is 591 g/mol. The molecule has 10 atom stereocenters. The molecule has 0 aromatic carbocycles. The molecule has 0 heterocycles. The van der Waals surface area contributed by atoms with E-state index in [1.807, 2.05) is 0 Å². The van der Waals surface area contributed by atoms with Crippen LogP contribution in [0.15, 0.2) is 0 Å². The molecular weight excluding hydrogens is 542 g/mol. The summed E-state index contributed by atoms with van der Waals surface area (Å²) in [7, 11) is 0. The summed E-state index contributed by atoms with van der Waals surface area (Å²) in [6.07, 6.45) is 9.58. The van der Waals surface area contributed by atoms with Crippen LogP contribution in [0.5, 0.6) is 0 Å². The van der Waals surface area contributed by atoms with Gasteiger partial charge in [0.1, 0.15) is 12.1 Å². The van der Waals surface area contributed by atoms with Crippen molar-refractivity contribution in [3.8, 4) is 0 Å². The Balaban J connectivity index is 1.33. The summed E-state index contributed by atoms with van der Waals surface area (Å²) in [6, 6.07) is -1.41. The summed E-state index contributed by atoms with van der Waals surface area (Å²) < 4.78 is 5.70. The predicted molar refractivity (Wildman–Crippen MR) is 152 cm³/mol. The quantitative estimate of drug-likeness (QED) is 0.231. The molecule has 0 aromatic heterocycles. The Labute approximate surface area is 248 Å². The number of esters is 1. The Morgan fingerprint density at radius 2 is 1.52 bits per heavy atom. The maximum Gasteiger partial charge on any atom is 0.326 e. The smallest absolute Gasteiger partial charge is 0.326 e. The number of carbonyl (C=O) groups excluding carboxylic acids is 2. The number of aliphatic carboxylic acids is 3. The summed E-state index contributed by atoms with van der Waals surface area (Å²) in [4.78, 5) is 57.8. The van der Waals surface area contributed by atoms with E-state index in [4.69, 9.17) is 14.9 Å². The molecule has 4 aliphatic carbocycles. The van der Waals surface area contributed by atoms with Gasteiger partial charge in [0.15, 0.2) is 0 Å². The molecule has 0 bridgehead atoms. The van der Waals surface area contributed by atoms with Gasteiger partial charge in [0, 0.05) is 6.42 Å². The lowest BCUT2D eigenvalue weighted by atomic mass is 9.44. The number of amides is 1. The van der Waals surface area contributed by atoms with E-state index in [0.717, 1.165) is 38.5 Å². The summed E-state index contributed by atoms with van der Waals surface area (Å²) in [6.45, 7) is 7.13. The van der Waals surface area contributed by atoms with Crippen molar-refractivity contribution in [2.75, 3.05) is 0 Å². The maximum atomic E-state index is 12.5. The Morgan fingerprint density at radius 1 is 0.833 bits per heavy atom. The third-order valence-electron chi connectivity index (χ3n) is 12.1. The van der Waals surface area contributed by atoms with E-state index in [9.17, 15) is 29.1 Å². The van der Waals surface area contributed by atoms with Gasteiger partial charge in [-0.3, -0.25) is 19.2 Å². The zero-order valence-electron chi connectivity index (χ0n) is 25.3. The summed E-state index contributed by atoms with van der Waals surface area (Å²) >= 11 is 0. The molecule has 0 saturated heterocycles. The second-order valence-electron chi connectivity index (χ2n) is 14.2. The van der Waals surface area contributed by atoms with Gasteiger partial charge in [-0.25, -0.2) is 4.79 Å². The average Bonchev–Trinajstić information content (AvgIpc) is 3.27. The highest BCUT2D eigenvalue weighted by Crippen LogP contribution is 2.68. The number of carboxylic acid groups (broad SMARTS) is 3. The number of carboxylic acids is 3. The lowest BCUT2D eigenvalue weighted by Gasteiger charge is -2.61. The van der Waals surface area contributed by atoms with Crippen molar-refractivity contribution in [1.29, 1.82) is 0 Å². The topological polar surface area (TPSA) is 167 Å². The van der Waals surface area contributed by atoms with Crippen molar-refractivity contribution in [3.63, 3.8) is 0 Å². The van der Waals surface area contributed by atoms with E-state index in [-0.39, 0.29) is 36.2 Å². The van der Waals surface area contributed by atoms with Crippen molar-refractivity contribution in [1.82, 2.24) is 5.32 Å². The molecular formula is C32H49NO9. The number of nitrogens with one attached hydrogen (secondary N) is 1. The van der Waals surface area contributed by atoms with Gasteiger partial charge in [-0.2, -0.15) is 0 Å². The first-order valence-electron chi connectivity index (χ1n) is 15.9. The fraction of sp³-hybridized carbons (Fsp3) is 0.844. The third kappa shape index (κ3) is 6.77. The minimum atomic E-state index is -1.41. The largest absolute Gasteiger partial charge is 0.481 e. The number of hydrogen-bond acceptors (Lipinski definition) is 6. The Bertz CT molecular complexity index is 1060. The standard InChI is InChI=1S/C32H49NO9/c1-18(4-9-26(34)33-25(30(40)41)17-28(37)38)22-7-8-23-21-6-5-19-16-20(42-29(39)11-10-27(35)36)12-14-31(19,2)24(21)13-15-32(22,23)3/h18-25H,4-17H2,1-3H3,(H,33,34)(H,35,36)(H,37,38)(H,40,41)/t18-,19-,20-,21+,22-,23+,24+,25+,31+,32-/m1/s1. The van der Waals surface area contributed by atoms with Crippen LogP contribution in [0.25, 0.3) is 0 Å². The average molecular weight is 592 g/mol. The van der Waals surface area contributed by atoms with Crippen LogP contribution in [0.2, 0.25) is 0 Å². The molecule has 4 N–H and O–H groups in total. The second-order valence-corrected chi connectivity index (χ2v) is 14.2. The van der Waals surface area contributed by atoms with E-state index in [1.165, 1.54) is 19.3 Å². The van der Waals surface area contributed by atoms with Gasteiger partial charge in [-0.15, -0.1) is 0 Å². The third-order valence-corrected chi connectivity index (χ3v) is 12.1. The number of carbonyl (C=O) groups is 5. The molecule has 0 radical (unpaired) electrons. The van der Waals surface area contributed by atoms with Crippen molar-refractivity contribution in [2.24, 2.45) is 46.3 Å². The van der Waals surface area contributed by atoms with Crippen LogP contribution in [0, 0.1) is 46.3 Å². The lowest BCUT2D eigenvalue weighted by molar-refractivity contribution is -0.164. The molecule has 236 valence electrons. The Morgan fingerprint density at radius 3 is 2.19 bits per heavy atom. The van der Waals surface area contributed by atoms with Crippen LogP contribution in [-0.2, 0) is 28.7 Å². The van der Waals surface area contributed by atoms with Crippen LogP contribution in [0.4, 0.5) is 0 Å². The van der Waals surface area contributed by atoms with Crippen molar-refractivity contribution in [2.45, 2.75) is 123 Å². The minimum Gasteiger partial charge on any atom is -0.481 e. The fourth-order valence-corrected chi connectivity index (χ4v) is 9.96. The molecule has 42 heavy (non-hydrogen) atoms. The van der Waals surface area contributed by atoms with Crippen LogP contribution in [0.3, 0.4) is 0 Å². The van der Waals surface area contributed by atoms with Crippen LogP contribution in [-0.4, -0.2) is 57.2 Å². The van der Waals surface area contributed by atoms with Gasteiger partial charge in [0.2, 0.25) is 5.91 Å². The Kier molecular flexibility index (Phi) is 9.93. The van der Waals surface area contributed by atoms with E-state index in [1.54, 1.807) is 0 Å². The first-order valence-corrected chi connectivity index (χ1v) is 15.9. The van der Waals surface area contributed by atoms with Crippen molar-refractivity contribution < 1.29 is 44.0 Å². The van der Waals surface area contributed by atoms with E-state index >= 15 is 0 Å². The molecule has 0 aromatic rings. The summed E-state index contributed by atoms with van der Waals surface area (Å²) in [5.41, 5.74) is 0.441. The zero-order chi connectivity index (χ0) is 30.8. The molecule has 10 nitrogen and oxygen atoms in total. The number of rotatable bonds is 12. The zero-order valence-corrected chi connectivity index (χ0v) is 25.3. The molecule has 4 fully saturated rings. The highest BCUT2D eigenvalue weighted by Gasteiger charge is 2.60. The van der Waals surface area contributed by atoms with Gasteiger partial charge in [0.05, 0.1) is 19.3 Å². The number of ether oxygens (including phenoxy) is 1. The molecule has 1 amide bonds. The van der Waals surface area contributed by atoms with Gasteiger partial charge in [-0.1, -0.05) is 20.8 Å². The molecule has 4 saturated carbocycles. The normalized spacial score (nSPS) is 36.8. The van der Waals surface area contributed by atoms with E-state index in [0.29, 0.717) is 41.9 Å². The SMILES string of the molecule is C[C@H](CCC(=O)N[C@@H](CC(=O)O)C(=O)O)[C@H]1CC[C@H]2[C@@H]3CC[C@@H]4C[C@H](OC(=O)CCC(=O)O)CC[C@]4(C)[C@H]3CC[C@]12C. The van der Waals surface area contributed by atoms with Crippen molar-refractivity contribution in [3.05, 3.63) is 0 Å². The predicted octanol–water partition coefficient (Wildman–Crippen LogP) is 4.88. The van der Waals surface area contributed by atoms with Gasteiger partial charge >= 0.3 is 23.9 Å². The summed E-state index contributed by atoms with van der Waals surface area (Å²) in [5.74, 6) is -1.10. The van der Waals surface area contributed by atoms with E-state index in [2.05, 4.69) is 26.1 Å². The van der Waals surface area contributed by atoms with Crippen LogP contribution >= 0.6 is 0 Å². The second kappa shape index (κ2) is 12.9. The first kappa shape index (κ1) is 32.3. The van der Waals surface area contributed by atoms with Crippen molar-refractivity contribution >= 4 is 29.8 Å². The minimum absolute atomic E-state index is 0.0728. The van der Waals surface area contributed by atoms with Gasteiger partial charge in [0.25, 0.3) is 0 Å². The van der Waals surface area contributed by atoms with Gasteiger partial charge < -0.3 is 25.4 Å². The molecule has 4 aliphatic rings. The highest BCUT2D eigenvalue weighted by molar-refractivity contribution is 5.86. The highest BCUT2D eigenvalue weighted by atomic mass is 16.5. The van der Waals surface area contributed by atoms with Gasteiger partial charge in [-0.05, 0) is 111 Å². The molecule has 4 rings (SSSR count). The number of hydrogen-bond donors (Lipinski definition) is 4.